The molecule has 2 aliphatic heterocycles. The van der Waals surface area contributed by atoms with Crippen molar-refractivity contribution in [1.82, 2.24) is 14.9 Å². The molecule has 6 heteroatoms. The zero-order valence-electron chi connectivity index (χ0n) is 13.8. The molecule has 0 spiro atoms. The molecule has 1 aromatic carbocycles. The molecule has 3 heterocycles. The summed E-state index contributed by atoms with van der Waals surface area (Å²) < 4.78 is 5.46. The van der Waals surface area contributed by atoms with Crippen molar-refractivity contribution < 1.29 is 9.84 Å². The number of hydrogen-bond donors (Lipinski definition) is 1. The predicted molar refractivity (Wildman–Crippen MR) is 93.2 cm³/mol. The number of fused-ring (bicyclic) bond motifs is 1. The summed E-state index contributed by atoms with van der Waals surface area (Å²) in [5, 5.41) is 10.5. The molecule has 2 aromatic rings. The first kappa shape index (κ1) is 15.7. The lowest BCUT2D eigenvalue weighted by molar-refractivity contribution is 0.0219. The Kier molecular flexibility index (Phi) is 4.60. The number of aromatic nitrogens is 2. The molecule has 1 unspecified atom stereocenters. The van der Waals surface area contributed by atoms with E-state index in [1.165, 1.54) is 0 Å². The Morgan fingerprint density at radius 2 is 1.83 bits per heavy atom. The maximum absolute atomic E-state index is 10.5. The van der Waals surface area contributed by atoms with Crippen LogP contribution in [0.15, 0.2) is 30.5 Å². The highest BCUT2D eigenvalue weighted by Crippen LogP contribution is 2.20. The second-order valence-corrected chi connectivity index (χ2v) is 6.66. The molecule has 6 nitrogen and oxygen atoms in total. The third kappa shape index (κ3) is 3.36. The second kappa shape index (κ2) is 7.01. The number of aliphatic hydroxyl groups is 1. The van der Waals surface area contributed by atoms with Gasteiger partial charge in [0.1, 0.15) is 5.82 Å². The van der Waals surface area contributed by atoms with Crippen LogP contribution < -0.4 is 4.90 Å². The molecule has 2 aliphatic rings. The normalized spacial score (nSPS) is 24.2. The van der Waals surface area contributed by atoms with Crippen molar-refractivity contribution in [2.45, 2.75) is 25.0 Å². The van der Waals surface area contributed by atoms with E-state index in [0.29, 0.717) is 12.6 Å². The van der Waals surface area contributed by atoms with Gasteiger partial charge in [0.25, 0.3) is 0 Å². The van der Waals surface area contributed by atoms with Gasteiger partial charge in [-0.3, -0.25) is 9.88 Å². The van der Waals surface area contributed by atoms with E-state index in [1.54, 1.807) is 0 Å². The van der Waals surface area contributed by atoms with E-state index < -0.39 is 0 Å². The minimum absolute atomic E-state index is 0.372. The lowest BCUT2D eigenvalue weighted by atomic mass is 10.1. The minimum atomic E-state index is -0.372. The molecule has 1 N–H and O–H groups in total. The Hall–Kier alpha value is -1.76. The fourth-order valence-corrected chi connectivity index (χ4v) is 3.70. The van der Waals surface area contributed by atoms with Gasteiger partial charge in [0.2, 0.25) is 0 Å². The van der Waals surface area contributed by atoms with Gasteiger partial charge < -0.3 is 14.7 Å². The summed E-state index contributed by atoms with van der Waals surface area (Å²) in [6, 6.07) is 8.42. The van der Waals surface area contributed by atoms with Gasteiger partial charge in [0, 0.05) is 45.4 Å². The van der Waals surface area contributed by atoms with Crippen molar-refractivity contribution in [1.29, 1.82) is 0 Å². The quantitative estimate of drug-likeness (QED) is 0.896. The Labute approximate surface area is 142 Å². The number of ether oxygens (including phenoxy) is 1. The van der Waals surface area contributed by atoms with Crippen molar-refractivity contribution >= 4 is 16.9 Å². The smallest absolute Gasteiger partial charge is 0.147 e. The third-order valence-corrected chi connectivity index (χ3v) is 5.00. The first-order valence-electron chi connectivity index (χ1n) is 8.76. The van der Waals surface area contributed by atoms with E-state index in [2.05, 4.69) is 14.8 Å². The molecule has 0 saturated carbocycles. The second-order valence-electron chi connectivity index (χ2n) is 6.66. The molecule has 1 aromatic heterocycles. The van der Waals surface area contributed by atoms with Crippen LogP contribution in [0.3, 0.4) is 0 Å². The van der Waals surface area contributed by atoms with E-state index >= 15 is 0 Å². The van der Waals surface area contributed by atoms with E-state index in [1.807, 2.05) is 30.5 Å². The summed E-state index contributed by atoms with van der Waals surface area (Å²) in [4.78, 5) is 13.8. The van der Waals surface area contributed by atoms with Gasteiger partial charge in [-0.05, 0) is 25.0 Å². The maximum atomic E-state index is 10.5. The molecule has 2 fully saturated rings. The van der Waals surface area contributed by atoms with Crippen LogP contribution in [-0.4, -0.2) is 71.5 Å². The number of nitrogens with zero attached hydrogens (tertiary/aromatic N) is 4. The van der Waals surface area contributed by atoms with Crippen LogP contribution >= 0.6 is 0 Å². The van der Waals surface area contributed by atoms with Crippen molar-refractivity contribution in [3.63, 3.8) is 0 Å². The van der Waals surface area contributed by atoms with Crippen LogP contribution in [0.4, 0.5) is 5.82 Å². The molecular formula is C18H24N4O2. The van der Waals surface area contributed by atoms with Gasteiger partial charge in [-0.25, -0.2) is 4.98 Å². The van der Waals surface area contributed by atoms with E-state index in [0.717, 1.165) is 62.5 Å². The molecule has 0 aliphatic carbocycles. The van der Waals surface area contributed by atoms with E-state index in [-0.39, 0.29) is 6.10 Å². The third-order valence-electron chi connectivity index (χ3n) is 5.00. The topological polar surface area (TPSA) is 61.7 Å². The van der Waals surface area contributed by atoms with Crippen molar-refractivity contribution in [3.8, 4) is 0 Å². The highest BCUT2D eigenvalue weighted by atomic mass is 16.5. The van der Waals surface area contributed by atoms with Crippen LogP contribution in [0.2, 0.25) is 0 Å². The Morgan fingerprint density at radius 3 is 2.67 bits per heavy atom. The van der Waals surface area contributed by atoms with Gasteiger partial charge in [-0.15, -0.1) is 0 Å². The molecule has 0 amide bonds. The number of β-amino-alcohol motifs (C(OH)–C–C–N with tert-alkyl or cyclic N) is 1. The number of benzene rings is 1. The zero-order chi connectivity index (χ0) is 16.4. The first-order chi connectivity index (χ1) is 11.8. The zero-order valence-corrected chi connectivity index (χ0v) is 13.8. The van der Waals surface area contributed by atoms with Crippen LogP contribution in [0.1, 0.15) is 12.8 Å². The molecule has 24 heavy (non-hydrogen) atoms. The molecule has 128 valence electrons. The monoisotopic (exact) mass is 328 g/mol. The average Bonchev–Trinajstić information content (AvgIpc) is 2.84. The summed E-state index contributed by atoms with van der Waals surface area (Å²) >= 11 is 0. The standard InChI is InChI=1S/C18H24N4O2/c23-15-12-21(14-5-9-24-10-6-14)7-8-22(13-15)18-11-19-16-3-1-2-4-17(16)20-18/h1-4,11,14-15,23H,5-10,12-13H2. The summed E-state index contributed by atoms with van der Waals surface area (Å²) in [5.41, 5.74) is 1.80. The average molecular weight is 328 g/mol. The SMILES string of the molecule is OC1CN(c2cnc3ccccc3n2)CCN(C2CCOCC2)C1. The molecule has 2 saturated heterocycles. The van der Waals surface area contributed by atoms with Gasteiger partial charge in [0.15, 0.2) is 0 Å². The summed E-state index contributed by atoms with van der Waals surface area (Å²) in [5.74, 6) is 0.849. The van der Waals surface area contributed by atoms with Crippen LogP contribution in [0.25, 0.3) is 11.0 Å². The van der Waals surface area contributed by atoms with Crippen molar-refractivity contribution in [2.24, 2.45) is 0 Å². The van der Waals surface area contributed by atoms with Gasteiger partial charge in [-0.1, -0.05) is 12.1 Å². The minimum Gasteiger partial charge on any atom is -0.390 e. The molecular weight excluding hydrogens is 304 g/mol. The van der Waals surface area contributed by atoms with Gasteiger partial charge in [-0.2, -0.15) is 0 Å². The van der Waals surface area contributed by atoms with Crippen molar-refractivity contribution in [2.75, 3.05) is 44.3 Å². The van der Waals surface area contributed by atoms with E-state index in [9.17, 15) is 5.11 Å². The lowest BCUT2D eigenvalue weighted by Gasteiger charge is -2.33. The largest absolute Gasteiger partial charge is 0.390 e. The highest BCUT2D eigenvalue weighted by molar-refractivity contribution is 5.75. The van der Waals surface area contributed by atoms with Gasteiger partial charge in [0.05, 0.1) is 23.3 Å². The molecule has 4 rings (SSSR count). The number of anilines is 1. The van der Waals surface area contributed by atoms with Crippen LogP contribution in [0, 0.1) is 0 Å². The summed E-state index contributed by atoms with van der Waals surface area (Å²) in [7, 11) is 0. The molecule has 0 bridgehead atoms. The maximum Gasteiger partial charge on any atom is 0.147 e. The lowest BCUT2D eigenvalue weighted by Crippen LogP contribution is -2.43. The number of aliphatic hydroxyl groups excluding tert-OH is 1. The number of rotatable bonds is 2. The number of para-hydroxylation sites is 2. The highest BCUT2D eigenvalue weighted by Gasteiger charge is 2.28. The molecule has 0 radical (unpaired) electrons. The van der Waals surface area contributed by atoms with Crippen molar-refractivity contribution in [3.05, 3.63) is 30.5 Å². The van der Waals surface area contributed by atoms with Crippen LogP contribution in [-0.2, 0) is 4.74 Å². The first-order valence-corrected chi connectivity index (χ1v) is 8.76. The Morgan fingerprint density at radius 1 is 1.04 bits per heavy atom. The number of hydrogen-bond acceptors (Lipinski definition) is 6. The fourth-order valence-electron chi connectivity index (χ4n) is 3.70. The Bertz CT molecular complexity index is 690. The predicted octanol–water partition coefficient (Wildman–Crippen LogP) is 1.29. The van der Waals surface area contributed by atoms with Gasteiger partial charge >= 0.3 is 0 Å². The summed E-state index contributed by atoms with van der Waals surface area (Å²) in [6.45, 7) is 4.79. The van der Waals surface area contributed by atoms with E-state index in [4.69, 9.17) is 9.72 Å². The fraction of sp³-hybridized carbons (Fsp3) is 0.556. The molecule has 1 atom stereocenters. The summed E-state index contributed by atoms with van der Waals surface area (Å²) in [6.07, 6.45) is 3.56. The Balaban J connectivity index is 1.51. The van der Waals surface area contributed by atoms with Crippen LogP contribution in [0.5, 0.6) is 0 Å².